The van der Waals surface area contributed by atoms with E-state index in [4.69, 9.17) is 11.6 Å². The average Bonchev–Trinajstić information content (AvgIpc) is 3.02. The van der Waals surface area contributed by atoms with Gasteiger partial charge in [0, 0.05) is 23.5 Å². The van der Waals surface area contributed by atoms with Gasteiger partial charge in [0.2, 0.25) is 11.8 Å². The molecule has 0 saturated carbocycles. The van der Waals surface area contributed by atoms with Crippen molar-refractivity contribution in [2.45, 2.75) is 70.5 Å². The second-order valence-corrected chi connectivity index (χ2v) is 14.6. The van der Waals surface area contributed by atoms with E-state index in [1.54, 1.807) is 54.6 Å². The van der Waals surface area contributed by atoms with Crippen LogP contribution >= 0.6 is 11.6 Å². The fourth-order valence-corrected chi connectivity index (χ4v) is 6.87. The number of nitrogens with zero attached hydrogens (tertiary/aromatic N) is 2. The van der Waals surface area contributed by atoms with Gasteiger partial charge in [-0.25, -0.2) is 8.42 Å². The normalized spacial score (nSPS) is 12.3. The molecule has 1 unspecified atom stereocenters. The van der Waals surface area contributed by atoms with Crippen LogP contribution < -0.4 is 9.62 Å². The molecular formula is C37H42ClN3O4S. The van der Waals surface area contributed by atoms with Gasteiger partial charge >= 0.3 is 0 Å². The van der Waals surface area contributed by atoms with Gasteiger partial charge in [-0.05, 0) is 75.1 Å². The van der Waals surface area contributed by atoms with Crippen LogP contribution in [0.2, 0.25) is 5.02 Å². The lowest BCUT2D eigenvalue weighted by Gasteiger charge is -2.35. The third kappa shape index (κ3) is 8.77. The molecule has 2 amide bonds. The smallest absolute Gasteiger partial charge is 0.264 e. The lowest BCUT2D eigenvalue weighted by atomic mass is 10.0. The number of benzene rings is 4. The predicted octanol–water partition coefficient (Wildman–Crippen LogP) is 6.96. The molecule has 0 saturated heterocycles. The molecule has 242 valence electrons. The van der Waals surface area contributed by atoms with E-state index in [2.05, 4.69) is 5.32 Å². The van der Waals surface area contributed by atoms with Crippen molar-refractivity contribution in [2.24, 2.45) is 0 Å². The van der Waals surface area contributed by atoms with Gasteiger partial charge in [0.25, 0.3) is 10.0 Å². The molecule has 7 nitrogen and oxygen atoms in total. The predicted molar refractivity (Wildman–Crippen MR) is 185 cm³/mol. The summed E-state index contributed by atoms with van der Waals surface area (Å²) in [7, 11) is -4.19. The number of amides is 2. The first-order chi connectivity index (χ1) is 21.8. The lowest BCUT2D eigenvalue weighted by Crippen LogP contribution is -2.56. The number of rotatable bonds is 12. The Kier molecular flexibility index (Phi) is 11.3. The molecule has 0 aliphatic heterocycles. The van der Waals surface area contributed by atoms with Gasteiger partial charge in [0.05, 0.1) is 10.6 Å². The summed E-state index contributed by atoms with van der Waals surface area (Å²) < 4.78 is 29.8. The molecule has 0 aliphatic rings. The first kappa shape index (κ1) is 34.7. The van der Waals surface area contributed by atoms with Crippen molar-refractivity contribution >= 4 is 39.1 Å². The summed E-state index contributed by atoms with van der Waals surface area (Å²) in [5, 5.41) is 3.48. The van der Waals surface area contributed by atoms with Crippen LogP contribution in [0.5, 0.6) is 0 Å². The summed E-state index contributed by atoms with van der Waals surface area (Å²) in [5.41, 5.74) is 3.02. The number of carbonyl (C=O) groups is 2. The molecule has 1 atom stereocenters. The topological polar surface area (TPSA) is 86.8 Å². The Balaban J connectivity index is 1.85. The summed E-state index contributed by atoms with van der Waals surface area (Å²) in [6.07, 6.45) is 0.771. The van der Waals surface area contributed by atoms with Crippen LogP contribution in [0.15, 0.2) is 108 Å². The van der Waals surface area contributed by atoms with Crippen molar-refractivity contribution in [2.75, 3.05) is 10.8 Å². The number of para-hydroxylation sites is 1. The van der Waals surface area contributed by atoms with E-state index in [0.29, 0.717) is 22.7 Å². The van der Waals surface area contributed by atoms with Crippen LogP contribution in [0.1, 0.15) is 49.9 Å². The number of hydrogen-bond acceptors (Lipinski definition) is 4. The van der Waals surface area contributed by atoms with Crippen molar-refractivity contribution < 1.29 is 18.0 Å². The molecule has 0 bridgehead atoms. The maximum atomic E-state index is 14.7. The molecule has 46 heavy (non-hydrogen) atoms. The van der Waals surface area contributed by atoms with Gasteiger partial charge in [0.15, 0.2) is 0 Å². The second-order valence-electron chi connectivity index (χ2n) is 12.4. The molecule has 0 aromatic heterocycles. The summed E-state index contributed by atoms with van der Waals surface area (Å²) >= 11 is 6.59. The Hall–Kier alpha value is -4.14. The zero-order chi connectivity index (χ0) is 33.5. The Labute approximate surface area is 278 Å². The van der Waals surface area contributed by atoms with Gasteiger partial charge in [0.1, 0.15) is 12.6 Å². The highest BCUT2D eigenvalue weighted by Crippen LogP contribution is 2.29. The maximum absolute atomic E-state index is 14.7. The van der Waals surface area contributed by atoms with E-state index in [1.807, 2.05) is 83.1 Å². The number of aryl methyl sites for hydroxylation is 2. The summed E-state index contributed by atoms with van der Waals surface area (Å²) in [5.74, 6) is -0.884. The standard InChI is InChI=1S/C37H42ClN3O4S/c1-6-29-16-11-13-19-33(29)41(46(44,45)31-22-20-27(2)21-23-31)26-35(42)40(25-30-17-10-12-18-32(30)38)34(36(43)39-37(3,4)5)24-28-14-8-7-9-15-28/h7-23,34H,6,24-26H2,1-5H3,(H,39,43). The van der Waals surface area contributed by atoms with Crippen LogP contribution in [0.25, 0.3) is 0 Å². The Bertz CT molecular complexity index is 1750. The number of anilines is 1. The minimum Gasteiger partial charge on any atom is -0.350 e. The van der Waals surface area contributed by atoms with Crippen molar-refractivity contribution in [3.63, 3.8) is 0 Å². The highest BCUT2D eigenvalue weighted by atomic mass is 35.5. The third-order valence-corrected chi connectivity index (χ3v) is 9.74. The fourth-order valence-electron chi connectivity index (χ4n) is 5.22. The zero-order valence-corrected chi connectivity index (χ0v) is 28.6. The van der Waals surface area contributed by atoms with Crippen molar-refractivity contribution in [3.05, 3.63) is 130 Å². The molecule has 0 spiro atoms. The monoisotopic (exact) mass is 659 g/mol. The van der Waals surface area contributed by atoms with Gasteiger partial charge < -0.3 is 10.2 Å². The first-order valence-corrected chi connectivity index (χ1v) is 17.2. The Morgan fingerprint density at radius 3 is 2.02 bits per heavy atom. The van der Waals surface area contributed by atoms with Crippen LogP contribution in [0.4, 0.5) is 5.69 Å². The minimum absolute atomic E-state index is 0.00140. The van der Waals surface area contributed by atoms with Gasteiger partial charge in [-0.1, -0.05) is 103 Å². The van der Waals surface area contributed by atoms with E-state index in [0.717, 1.165) is 16.7 Å². The van der Waals surface area contributed by atoms with Crippen LogP contribution in [-0.2, 0) is 39.0 Å². The number of halogens is 1. The number of hydrogen-bond donors (Lipinski definition) is 1. The molecule has 4 aromatic carbocycles. The van der Waals surface area contributed by atoms with E-state index >= 15 is 0 Å². The van der Waals surface area contributed by atoms with Crippen LogP contribution in [0, 0.1) is 6.92 Å². The summed E-state index contributed by atoms with van der Waals surface area (Å²) in [6, 6.07) is 29.4. The van der Waals surface area contributed by atoms with E-state index < -0.39 is 34.1 Å². The van der Waals surface area contributed by atoms with Crippen LogP contribution in [0.3, 0.4) is 0 Å². The molecule has 0 fully saturated rings. The van der Waals surface area contributed by atoms with E-state index in [-0.39, 0.29) is 23.8 Å². The van der Waals surface area contributed by atoms with E-state index in [1.165, 1.54) is 9.21 Å². The molecule has 0 heterocycles. The molecule has 4 rings (SSSR count). The van der Waals surface area contributed by atoms with Crippen molar-refractivity contribution in [3.8, 4) is 0 Å². The summed E-state index contributed by atoms with van der Waals surface area (Å²) in [4.78, 5) is 30.2. The molecule has 4 aromatic rings. The third-order valence-electron chi connectivity index (χ3n) is 7.60. The Morgan fingerprint density at radius 1 is 0.826 bits per heavy atom. The SMILES string of the molecule is CCc1ccccc1N(CC(=O)N(Cc1ccccc1Cl)C(Cc1ccccc1)C(=O)NC(C)(C)C)S(=O)(=O)c1ccc(C)cc1. The Morgan fingerprint density at radius 2 is 1.41 bits per heavy atom. The van der Waals surface area contributed by atoms with Crippen molar-refractivity contribution in [1.82, 2.24) is 10.2 Å². The van der Waals surface area contributed by atoms with Gasteiger partial charge in [-0.15, -0.1) is 0 Å². The maximum Gasteiger partial charge on any atom is 0.264 e. The second kappa shape index (κ2) is 15.0. The van der Waals surface area contributed by atoms with Gasteiger partial charge in [-0.2, -0.15) is 0 Å². The van der Waals surface area contributed by atoms with Crippen LogP contribution in [-0.4, -0.2) is 43.3 Å². The van der Waals surface area contributed by atoms with E-state index in [9.17, 15) is 18.0 Å². The molecule has 0 radical (unpaired) electrons. The van der Waals surface area contributed by atoms with Crippen molar-refractivity contribution in [1.29, 1.82) is 0 Å². The summed E-state index contributed by atoms with van der Waals surface area (Å²) in [6.45, 7) is 8.93. The minimum atomic E-state index is -4.19. The average molecular weight is 660 g/mol. The molecule has 9 heteroatoms. The fraction of sp³-hybridized carbons (Fsp3) is 0.297. The molecule has 1 N–H and O–H groups in total. The molecular weight excluding hydrogens is 618 g/mol. The quantitative estimate of drug-likeness (QED) is 0.178. The number of nitrogens with one attached hydrogen (secondary N) is 1. The number of carbonyl (C=O) groups excluding carboxylic acids is 2. The molecule has 0 aliphatic carbocycles. The highest BCUT2D eigenvalue weighted by Gasteiger charge is 2.36. The number of sulfonamides is 1. The van der Waals surface area contributed by atoms with Gasteiger partial charge in [-0.3, -0.25) is 13.9 Å². The zero-order valence-electron chi connectivity index (χ0n) is 27.0. The highest BCUT2D eigenvalue weighted by molar-refractivity contribution is 7.92. The lowest BCUT2D eigenvalue weighted by molar-refractivity contribution is -0.140. The largest absolute Gasteiger partial charge is 0.350 e. The first-order valence-electron chi connectivity index (χ1n) is 15.4.